The lowest BCUT2D eigenvalue weighted by atomic mass is 9.93. The second kappa shape index (κ2) is 7.75. The van der Waals surface area contributed by atoms with E-state index in [9.17, 15) is 13.2 Å². The Kier molecular flexibility index (Phi) is 6.23. The number of hydrogen-bond donors (Lipinski definition) is 0. The van der Waals surface area contributed by atoms with Crippen molar-refractivity contribution in [3.05, 3.63) is 0 Å². The average Bonchev–Trinajstić information content (AvgIpc) is 2.55. The van der Waals surface area contributed by atoms with Crippen molar-refractivity contribution in [1.29, 1.82) is 0 Å². The molecule has 0 aliphatic carbocycles. The molecule has 0 aromatic heterocycles. The summed E-state index contributed by atoms with van der Waals surface area (Å²) < 4.78 is 30.4. The maximum Gasteiger partial charge on any atom is 0.225 e. The van der Waals surface area contributed by atoms with E-state index in [1.165, 1.54) is 4.31 Å². The van der Waals surface area contributed by atoms with Gasteiger partial charge < -0.3 is 9.64 Å². The summed E-state index contributed by atoms with van der Waals surface area (Å²) in [5.74, 6) is 0.899. The van der Waals surface area contributed by atoms with Crippen molar-refractivity contribution in [2.45, 2.75) is 32.6 Å². The van der Waals surface area contributed by atoms with Crippen LogP contribution in [0, 0.1) is 11.8 Å². The number of likely N-dealkylation sites (tertiary alicyclic amines) is 1. The molecule has 2 rings (SSSR count). The van der Waals surface area contributed by atoms with Gasteiger partial charge in [0.15, 0.2) is 0 Å². The summed E-state index contributed by atoms with van der Waals surface area (Å²) >= 11 is 0. The number of sulfonamides is 1. The molecule has 0 N–H and O–H groups in total. The molecule has 2 aliphatic rings. The van der Waals surface area contributed by atoms with Crippen molar-refractivity contribution in [3.8, 4) is 0 Å². The van der Waals surface area contributed by atoms with E-state index in [1.807, 2.05) is 4.90 Å². The molecule has 0 unspecified atom stereocenters. The summed E-state index contributed by atoms with van der Waals surface area (Å²) in [6.45, 7) is 5.01. The van der Waals surface area contributed by atoms with Crippen LogP contribution >= 0.6 is 0 Å². The van der Waals surface area contributed by atoms with E-state index in [4.69, 9.17) is 4.74 Å². The Morgan fingerprint density at radius 2 is 1.68 bits per heavy atom. The van der Waals surface area contributed by atoms with Crippen LogP contribution < -0.4 is 0 Å². The lowest BCUT2D eigenvalue weighted by molar-refractivity contribution is -0.138. The molecule has 2 heterocycles. The molecule has 0 bridgehead atoms. The summed E-state index contributed by atoms with van der Waals surface area (Å²) in [6, 6.07) is 0. The Hall–Kier alpha value is -0.660. The third-order valence-electron chi connectivity index (χ3n) is 4.89. The first kappa shape index (κ1) is 17.7. The van der Waals surface area contributed by atoms with E-state index >= 15 is 0 Å². The minimum Gasteiger partial charge on any atom is -0.384 e. The van der Waals surface area contributed by atoms with Crippen molar-refractivity contribution >= 4 is 15.9 Å². The van der Waals surface area contributed by atoms with Gasteiger partial charge in [0.2, 0.25) is 15.9 Å². The molecule has 0 radical (unpaired) electrons. The predicted octanol–water partition coefficient (Wildman–Crippen LogP) is 0.933. The molecule has 0 aromatic carbocycles. The standard InChI is InChI=1S/C15H28N2O4S/c1-3-22(19,20)17-10-6-14(7-11-17)15(18)16-8-4-13(5-9-16)12-21-2/h13-14H,3-12H2,1-2H3. The maximum atomic E-state index is 12.6. The van der Waals surface area contributed by atoms with Crippen molar-refractivity contribution in [2.24, 2.45) is 11.8 Å². The molecule has 2 fully saturated rings. The summed E-state index contributed by atoms with van der Waals surface area (Å²) in [6.07, 6.45) is 3.30. The minimum absolute atomic E-state index is 0.0118. The van der Waals surface area contributed by atoms with Crippen LogP contribution in [0.3, 0.4) is 0 Å². The van der Waals surface area contributed by atoms with E-state index in [0.29, 0.717) is 31.8 Å². The number of ether oxygens (including phenoxy) is 1. The van der Waals surface area contributed by atoms with Gasteiger partial charge in [-0.3, -0.25) is 4.79 Å². The molecular weight excluding hydrogens is 304 g/mol. The number of piperidine rings is 2. The van der Waals surface area contributed by atoms with Gasteiger partial charge in [0.1, 0.15) is 0 Å². The number of hydrogen-bond acceptors (Lipinski definition) is 4. The highest BCUT2D eigenvalue weighted by Gasteiger charge is 2.33. The number of amides is 1. The van der Waals surface area contributed by atoms with Gasteiger partial charge in [0, 0.05) is 45.8 Å². The fourth-order valence-electron chi connectivity index (χ4n) is 3.38. The summed E-state index contributed by atoms with van der Waals surface area (Å²) in [4.78, 5) is 14.5. The second-order valence-electron chi connectivity index (χ2n) is 6.30. The quantitative estimate of drug-likeness (QED) is 0.751. The van der Waals surface area contributed by atoms with Crippen LogP contribution in [0.25, 0.3) is 0 Å². The molecule has 2 saturated heterocycles. The molecule has 6 nitrogen and oxygen atoms in total. The molecular formula is C15H28N2O4S. The van der Waals surface area contributed by atoms with Crippen molar-refractivity contribution in [2.75, 3.05) is 45.6 Å². The Morgan fingerprint density at radius 3 is 2.18 bits per heavy atom. The van der Waals surface area contributed by atoms with Crippen molar-refractivity contribution in [1.82, 2.24) is 9.21 Å². The van der Waals surface area contributed by atoms with Gasteiger partial charge >= 0.3 is 0 Å². The SMILES string of the molecule is CCS(=O)(=O)N1CCC(C(=O)N2CCC(COC)CC2)CC1. The van der Waals surface area contributed by atoms with Gasteiger partial charge in [-0.15, -0.1) is 0 Å². The topological polar surface area (TPSA) is 66.9 Å². The predicted molar refractivity (Wildman–Crippen MR) is 84.9 cm³/mol. The van der Waals surface area contributed by atoms with Gasteiger partial charge in [-0.2, -0.15) is 0 Å². The van der Waals surface area contributed by atoms with Gasteiger partial charge in [-0.1, -0.05) is 0 Å². The number of nitrogens with zero attached hydrogens (tertiary/aromatic N) is 2. The highest BCUT2D eigenvalue weighted by Crippen LogP contribution is 2.25. The van der Waals surface area contributed by atoms with Crippen LogP contribution in [0.4, 0.5) is 0 Å². The van der Waals surface area contributed by atoms with Gasteiger partial charge in [0.05, 0.1) is 5.75 Å². The maximum absolute atomic E-state index is 12.6. The van der Waals surface area contributed by atoms with E-state index in [2.05, 4.69) is 0 Å². The third-order valence-corrected chi connectivity index (χ3v) is 6.77. The smallest absolute Gasteiger partial charge is 0.225 e. The van der Waals surface area contributed by atoms with Crippen LogP contribution in [0.2, 0.25) is 0 Å². The second-order valence-corrected chi connectivity index (χ2v) is 8.56. The Labute approximate surface area is 133 Å². The Morgan fingerprint density at radius 1 is 1.09 bits per heavy atom. The first-order valence-electron chi connectivity index (χ1n) is 8.23. The van der Waals surface area contributed by atoms with Crippen molar-refractivity contribution in [3.63, 3.8) is 0 Å². The normalized spacial score (nSPS) is 22.9. The molecule has 128 valence electrons. The summed E-state index contributed by atoms with van der Waals surface area (Å²) in [7, 11) is -1.40. The van der Waals surface area contributed by atoms with Crippen LogP contribution in [0.1, 0.15) is 32.6 Å². The minimum atomic E-state index is -3.11. The zero-order valence-corrected chi connectivity index (χ0v) is 14.5. The number of carbonyl (C=O) groups excluding carboxylic acids is 1. The highest BCUT2D eigenvalue weighted by atomic mass is 32.2. The fourth-order valence-corrected chi connectivity index (χ4v) is 4.51. The molecule has 0 saturated carbocycles. The highest BCUT2D eigenvalue weighted by molar-refractivity contribution is 7.89. The van der Waals surface area contributed by atoms with Crippen LogP contribution in [-0.2, 0) is 19.6 Å². The van der Waals surface area contributed by atoms with Crippen LogP contribution in [0.5, 0.6) is 0 Å². The first-order valence-corrected chi connectivity index (χ1v) is 9.84. The lowest BCUT2D eigenvalue weighted by Crippen LogP contribution is -2.47. The summed E-state index contributed by atoms with van der Waals surface area (Å²) in [5, 5.41) is 0. The number of methoxy groups -OCH3 is 1. The molecule has 2 aliphatic heterocycles. The average molecular weight is 332 g/mol. The molecule has 7 heteroatoms. The lowest BCUT2D eigenvalue weighted by Gasteiger charge is -2.36. The number of rotatable bonds is 5. The van der Waals surface area contributed by atoms with Gasteiger partial charge in [-0.05, 0) is 38.5 Å². The molecule has 1 amide bonds. The zero-order valence-electron chi connectivity index (χ0n) is 13.7. The van der Waals surface area contributed by atoms with E-state index in [-0.39, 0.29) is 17.6 Å². The van der Waals surface area contributed by atoms with Crippen LogP contribution in [0.15, 0.2) is 0 Å². The largest absolute Gasteiger partial charge is 0.384 e. The Bertz CT molecular complexity index is 464. The van der Waals surface area contributed by atoms with Gasteiger partial charge in [-0.25, -0.2) is 12.7 Å². The number of carbonyl (C=O) groups is 1. The van der Waals surface area contributed by atoms with Crippen LogP contribution in [-0.4, -0.2) is 69.2 Å². The monoisotopic (exact) mass is 332 g/mol. The van der Waals surface area contributed by atoms with E-state index in [0.717, 1.165) is 32.5 Å². The zero-order chi connectivity index (χ0) is 16.2. The summed E-state index contributed by atoms with van der Waals surface area (Å²) in [5.41, 5.74) is 0. The van der Waals surface area contributed by atoms with E-state index in [1.54, 1.807) is 14.0 Å². The molecule has 0 aromatic rings. The third kappa shape index (κ3) is 4.20. The molecule has 0 atom stereocenters. The molecule has 22 heavy (non-hydrogen) atoms. The Balaban J connectivity index is 1.81. The van der Waals surface area contributed by atoms with Crippen molar-refractivity contribution < 1.29 is 17.9 Å². The van der Waals surface area contributed by atoms with Gasteiger partial charge in [0.25, 0.3) is 0 Å². The molecule has 0 spiro atoms. The fraction of sp³-hybridized carbons (Fsp3) is 0.933. The first-order chi connectivity index (χ1) is 10.5. The van der Waals surface area contributed by atoms with E-state index < -0.39 is 10.0 Å².